The van der Waals surface area contributed by atoms with Crippen LogP contribution in [0.15, 0.2) is 212 Å². The molecule has 0 bridgehead atoms. The Labute approximate surface area is 438 Å². The molecule has 0 aliphatic carbocycles. The highest BCUT2D eigenvalue weighted by molar-refractivity contribution is 7.92. The third-order valence-corrected chi connectivity index (χ3v) is 18.7. The molecule has 3 fully saturated rings. The molecule has 3 saturated heterocycles. The smallest absolute Gasteiger partial charge is 0.208 e. The van der Waals surface area contributed by atoms with E-state index in [1.807, 2.05) is 54.6 Å². The number of anilines is 3. The number of sulfone groups is 3. The van der Waals surface area contributed by atoms with Crippen molar-refractivity contribution in [1.82, 2.24) is 30.9 Å². The van der Waals surface area contributed by atoms with Crippen LogP contribution in [0.5, 0.6) is 0 Å². The molecule has 0 spiro atoms. The van der Waals surface area contributed by atoms with E-state index in [-0.39, 0.29) is 29.4 Å². The molecule has 0 unspecified atom stereocenters. The van der Waals surface area contributed by atoms with Crippen LogP contribution in [0.4, 0.5) is 17.1 Å². The molecule has 12 rings (SSSR count). The van der Waals surface area contributed by atoms with Crippen LogP contribution in [0.2, 0.25) is 0 Å². The first-order valence-electron chi connectivity index (χ1n) is 24.9. The summed E-state index contributed by atoms with van der Waals surface area (Å²) in [5, 5.41) is 12.5. The maximum Gasteiger partial charge on any atom is 0.208 e. The van der Waals surface area contributed by atoms with Gasteiger partial charge >= 0.3 is 0 Å². The highest BCUT2D eigenvalue weighted by Crippen LogP contribution is 2.32. The van der Waals surface area contributed by atoms with Gasteiger partial charge in [-0.2, -0.15) is 0 Å². The van der Waals surface area contributed by atoms with Gasteiger partial charge in [0, 0.05) is 113 Å². The van der Waals surface area contributed by atoms with E-state index in [0.717, 1.165) is 128 Å². The molecule has 384 valence electrons. The van der Waals surface area contributed by atoms with Crippen LogP contribution in [-0.2, 0) is 29.5 Å². The normalized spacial score (nSPS) is 15.4. The molecule has 3 aliphatic heterocycles. The molecular weight excluding hydrogens is 1000 g/mol. The van der Waals surface area contributed by atoms with Gasteiger partial charge in [0.15, 0.2) is 0 Å². The summed E-state index contributed by atoms with van der Waals surface area (Å²) in [7, 11) is -10.7. The van der Waals surface area contributed by atoms with E-state index in [9.17, 15) is 25.3 Å². The summed E-state index contributed by atoms with van der Waals surface area (Å²) in [6.07, 6.45) is 4.41. The van der Waals surface area contributed by atoms with E-state index in [1.165, 1.54) is 18.6 Å². The second-order valence-corrected chi connectivity index (χ2v) is 24.1. The summed E-state index contributed by atoms with van der Waals surface area (Å²) in [4.78, 5) is 21.9. The van der Waals surface area contributed by atoms with E-state index < -0.39 is 29.5 Å². The number of fused-ring (bicyclic) bond motifs is 3. The first-order chi connectivity index (χ1) is 36.5. The predicted molar refractivity (Wildman–Crippen MR) is 296 cm³/mol. The first-order valence-corrected chi connectivity index (χ1v) is 29.4. The van der Waals surface area contributed by atoms with Crippen LogP contribution in [-0.4, -0.2) is 119 Å². The third kappa shape index (κ3) is 11.2. The summed E-state index contributed by atoms with van der Waals surface area (Å²) in [5.41, 5.74) is 5.71. The maximum atomic E-state index is 12.8. The molecule has 9 aromatic rings. The Morgan fingerprint density at radius 2 is 0.560 bits per heavy atom. The SMILES string of the molecule is O=S(=O)(c1ccccc1)c1cnc2c(N3CCNCC3)cccc2c1.O=S(=O)(c1ccccc1)c1cnc2c(N3CCNCC3)cccc2c1.O=S(=O)(c1ccccc1)c1cnc2c(N3CCNCC3)cccc2c1. The van der Waals surface area contributed by atoms with Crippen molar-refractivity contribution in [3.8, 4) is 0 Å². The lowest BCUT2D eigenvalue weighted by Gasteiger charge is -2.30. The highest BCUT2D eigenvalue weighted by Gasteiger charge is 2.24. The third-order valence-electron chi connectivity index (χ3n) is 13.5. The molecule has 0 radical (unpaired) electrons. The monoisotopic (exact) mass is 1060 g/mol. The van der Waals surface area contributed by atoms with Crippen LogP contribution < -0.4 is 30.7 Å². The summed E-state index contributed by atoms with van der Waals surface area (Å²) in [6.45, 7) is 11.2. The van der Waals surface area contributed by atoms with Crippen molar-refractivity contribution in [2.75, 3.05) is 93.2 Å². The Bertz CT molecular complexity index is 3390. The van der Waals surface area contributed by atoms with Crippen molar-refractivity contribution in [3.05, 3.63) is 182 Å². The molecule has 0 saturated carbocycles. The molecule has 3 aliphatic rings. The zero-order valence-electron chi connectivity index (χ0n) is 41.2. The minimum Gasteiger partial charge on any atom is -0.367 e. The Hall–Kier alpha value is -7.32. The van der Waals surface area contributed by atoms with Gasteiger partial charge in [-0.25, -0.2) is 25.3 Å². The van der Waals surface area contributed by atoms with Gasteiger partial charge in [0.05, 0.1) is 63.0 Å². The van der Waals surface area contributed by atoms with Gasteiger partial charge in [0.2, 0.25) is 29.5 Å². The quantitative estimate of drug-likeness (QED) is 0.129. The van der Waals surface area contributed by atoms with Gasteiger partial charge in [-0.15, -0.1) is 0 Å². The highest BCUT2D eigenvalue weighted by atomic mass is 32.2. The molecule has 6 aromatic carbocycles. The number of hydrogen-bond acceptors (Lipinski definition) is 15. The number of benzene rings is 6. The Morgan fingerprint density at radius 3 is 0.813 bits per heavy atom. The molecule has 0 amide bonds. The molecule has 3 aromatic heterocycles. The van der Waals surface area contributed by atoms with Crippen LogP contribution in [0, 0.1) is 0 Å². The lowest BCUT2D eigenvalue weighted by atomic mass is 10.1. The standard InChI is InChI=1S/3C19H19N3O2S/c3*23-25(24,16-6-2-1-3-7-16)17-13-15-5-4-8-18(19(15)21-14-17)22-11-9-20-10-12-22/h3*1-8,13-14,20H,9-12H2. The van der Waals surface area contributed by atoms with Crippen LogP contribution in [0.3, 0.4) is 0 Å². The maximum absolute atomic E-state index is 12.8. The number of nitrogens with one attached hydrogen (secondary N) is 3. The van der Waals surface area contributed by atoms with Crippen LogP contribution in [0.25, 0.3) is 32.7 Å². The van der Waals surface area contributed by atoms with Gasteiger partial charge in [0.1, 0.15) is 0 Å². The number of para-hydroxylation sites is 3. The molecule has 0 atom stereocenters. The number of nitrogens with zero attached hydrogens (tertiary/aromatic N) is 6. The van der Waals surface area contributed by atoms with Crippen molar-refractivity contribution in [3.63, 3.8) is 0 Å². The minimum absolute atomic E-state index is 0.226. The molecule has 6 heterocycles. The second kappa shape index (κ2) is 22.7. The fourth-order valence-corrected chi connectivity index (χ4v) is 13.3. The summed E-state index contributed by atoms with van der Waals surface area (Å²) in [6, 6.07) is 48.3. The molecule has 3 N–H and O–H groups in total. The van der Waals surface area contributed by atoms with Crippen molar-refractivity contribution in [2.45, 2.75) is 29.4 Å². The zero-order chi connectivity index (χ0) is 51.8. The predicted octanol–water partition coefficient (Wildman–Crippen LogP) is 7.43. The van der Waals surface area contributed by atoms with Crippen molar-refractivity contribution >= 4 is 79.3 Å². The number of hydrogen-bond donors (Lipinski definition) is 3. The van der Waals surface area contributed by atoms with Gasteiger partial charge in [-0.1, -0.05) is 91.0 Å². The molecular formula is C57H57N9O6S3. The number of aromatic nitrogens is 3. The largest absolute Gasteiger partial charge is 0.367 e. The van der Waals surface area contributed by atoms with Crippen LogP contribution in [0.1, 0.15) is 0 Å². The van der Waals surface area contributed by atoms with E-state index in [2.05, 4.69) is 45.6 Å². The van der Waals surface area contributed by atoms with E-state index in [1.54, 1.807) is 109 Å². The average Bonchev–Trinajstić information content (AvgIpc) is 3.48. The van der Waals surface area contributed by atoms with Crippen LogP contribution >= 0.6 is 0 Å². The van der Waals surface area contributed by atoms with Crippen molar-refractivity contribution in [1.29, 1.82) is 0 Å². The Kier molecular flexibility index (Phi) is 15.5. The van der Waals surface area contributed by atoms with Crippen molar-refractivity contribution < 1.29 is 25.3 Å². The Balaban J connectivity index is 0.000000128. The van der Waals surface area contributed by atoms with E-state index in [0.29, 0.717) is 0 Å². The summed E-state index contributed by atoms with van der Waals surface area (Å²) in [5.74, 6) is 0. The average molecular weight is 1060 g/mol. The lowest BCUT2D eigenvalue weighted by molar-refractivity contribution is 0.590. The molecule has 18 heteroatoms. The fourth-order valence-electron chi connectivity index (χ4n) is 9.50. The second-order valence-electron chi connectivity index (χ2n) is 18.2. The summed E-state index contributed by atoms with van der Waals surface area (Å²) >= 11 is 0. The summed E-state index contributed by atoms with van der Waals surface area (Å²) < 4.78 is 76.8. The van der Waals surface area contributed by atoms with Gasteiger partial charge < -0.3 is 30.7 Å². The van der Waals surface area contributed by atoms with E-state index >= 15 is 0 Å². The minimum atomic E-state index is -3.55. The molecule has 15 nitrogen and oxygen atoms in total. The number of rotatable bonds is 9. The van der Waals surface area contributed by atoms with Crippen molar-refractivity contribution in [2.24, 2.45) is 0 Å². The lowest BCUT2D eigenvalue weighted by Crippen LogP contribution is -2.43. The zero-order valence-corrected chi connectivity index (χ0v) is 43.6. The van der Waals surface area contributed by atoms with Gasteiger partial charge in [-0.05, 0) is 72.8 Å². The Morgan fingerprint density at radius 1 is 0.307 bits per heavy atom. The number of pyridine rings is 3. The topological polar surface area (TPSA) is 187 Å². The first kappa shape index (κ1) is 51.2. The van der Waals surface area contributed by atoms with Gasteiger partial charge in [0.25, 0.3) is 0 Å². The fraction of sp³-hybridized carbons (Fsp3) is 0.211. The molecule has 75 heavy (non-hydrogen) atoms. The van der Waals surface area contributed by atoms with E-state index in [4.69, 9.17) is 0 Å². The van der Waals surface area contributed by atoms with Gasteiger partial charge in [-0.3, -0.25) is 15.0 Å². The number of piperazine rings is 3.